The van der Waals surface area contributed by atoms with Gasteiger partial charge in [-0.25, -0.2) is 0 Å². The molecule has 25 heavy (non-hydrogen) atoms. The fourth-order valence-corrected chi connectivity index (χ4v) is 3.38. The molecule has 0 atom stereocenters. The smallest absolute Gasteiger partial charge is 0.236 e. The van der Waals surface area contributed by atoms with Crippen molar-refractivity contribution in [1.29, 1.82) is 0 Å². The summed E-state index contributed by atoms with van der Waals surface area (Å²) in [6.45, 7) is 6.00. The van der Waals surface area contributed by atoms with E-state index in [1.54, 1.807) is 0 Å². The van der Waals surface area contributed by atoms with E-state index < -0.39 is 0 Å². The largest absolute Gasteiger partial charge is 0.465 e. The van der Waals surface area contributed by atoms with Crippen molar-refractivity contribution in [2.24, 2.45) is 0 Å². The second kappa shape index (κ2) is 7.93. The van der Waals surface area contributed by atoms with Crippen LogP contribution in [0.3, 0.4) is 0 Å². The molecule has 1 saturated heterocycles. The summed E-state index contributed by atoms with van der Waals surface area (Å²) in [7, 11) is 1.94. The molecule has 0 spiro atoms. The molecule has 1 aliphatic rings. The third-order valence-electron chi connectivity index (χ3n) is 4.45. The lowest BCUT2D eigenvalue weighted by Gasteiger charge is -2.37. The molecule has 5 nitrogen and oxygen atoms in total. The lowest BCUT2D eigenvalue weighted by molar-refractivity contribution is -0.132. The number of hydrogen-bond donors (Lipinski definition) is 0. The summed E-state index contributed by atoms with van der Waals surface area (Å²) in [6, 6.07) is 11.8. The number of amides is 1. The standard InChI is InChI=1S/C19H24ClN3O2/c1-15-7-8-16(25-15)13-21(2)14-19(24)23-11-9-22(10-12-23)18-6-4-3-5-17(18)20/h3-8H,9-14H2,1-2H3. The summed E-state index contributed by atoms with van der Waals surface area (Å²) in [5.41, 5.74) is 1.04. The number of rotatable bonds is 5. The number of hydrogen-bond acceptors (Lipinski definition) is 4. The number of likely N-dealkylation sites (N-methyl/N-ethyl adjacent to an activating group) is 1. The zero-order valence-corrected chi connectivity index (χ0v) is 15.5. The van der Waals surface area contributed by atoms with Crippen molar-refractivity contribution < 1.29 is 9.21 Å². The van der Waals surface area contributed by atoms with Gasteiger partial charge in [-0.3, -0.25) is 9.69 Å². The summed E-state index contributed by atoms with van der Waals surface area (Å²) in [5.74, 6) is 1.94. The van der Waals surface area contributed by atoms with Crippen molar-refractivity contribution >= 4 is 23.2 Å². The highest BCUT2D eigenvalue weighted by Gasteiger charge is 2.23. The number of carbonyl (C=O) groups is 1. The molecular formula is C19H24ClN3O2. The molecule has 0 bridgehead atoms. The van der Waals surface area contributed by atoms with Gasteiger partial charge in [0.25, 0.3) is 0 Å². The quantitative estimate of drug-likeness (QED) is 0.820. The van der Waals surface area contributed by atoms with Crippen LogP contribution < -0.4 is 4.90 Å². The van der Waals surface area contributed by atoms with Gasteiger partial charge in [-0.1, -0.05) is 23.7 Å². The zero-order valence-electron chi connectivity index (χ0n) is 14.7. The van der Waals surface area contributed by atoms with E-state index in [9.17, 15) is 4.79 Å². The Balaban J connectivity index is 1.49. The first-order valence-corrected chi connectivity index (χ1v) is 8.92. The van der Waals surface area contributed by atoms with E-state index in [1.165, 1.54) is 0 Å². The van der Waals surface area contributed by atoms with E-state index in [2.05, 4.69) is 4.90 Å². The molecule has 0 N–H and O–H groups in total. The first-order chi connectivity index (χ1) is 12.0. The van der Waals surface area contributed by atoms with Crippen LogP contribution in [-0.2, 0) is 11.3 Å². The van der Waals surface area contributed by atoms with E-state index in [0.717, 1.165) is 48.4 Å². The van der Waals surface area contributed by atoms with Gasteiger partial charge in [-0.2, -0.15) is 0 Å². The second-order valence-electron chi connectivity index (χ2n) is 6.50. The van der Waals surface area contributed by atoms with Gasteiger partial charge in [0.2, 0.25) is 5.91 Å². The molecule has 134 valence electrons. The molecule has 2 aromatic rings. The second-order valence-corrected chi connectivity index (χ2v) is 6.91. The Morgan fingerprint density at radius 2 is 1.88 bits per heavy atom. The number of piperazine rings is 1. The molecule has 3 rings (SSSR count). The first kappa shape index (κ1) is 17.8. The van der Waals surface area contributed by atoms with E-state index >= 15 is 0 Å². The molecule has 1 aliphatic heterocycles. The Morgan fingerprint density at radius 3 is 2.52 bits per heavy atom. The molecule has 0 aliphatic carbocycles. The van der Waals surface area contributed by atoms with Gasteiger partial charge >= 0.3 is 0 Å². The van der Waals surface area contributed by atoms with Gasteiger partial charge in [-0.05, 0) is 38.2 Å². The van der Waals surface area contributed by atoms with Crippen molar-refractivity contribution in [1.82, 2.24) is 9.80 Å². The molecule has 0 saturated carbocycles. The zero-order chi connectivity index (χ0) is 17.8. The van der Waals surface area contributed by atoms with Crippen LogP contribution >= 0.6 is 11.6 Å². The summed E-state index contributed by atoms with van der Waals surface area (Å²) < 4.78 is 5.57. The maximum Gasteiger partial charge on any atom is 0.236 e. The topological polar surface area (TPSA) is 39.9 Å². The number of anilines is 1. The molecule has 6 heteroatoms. The number of aryl methyl sites for hydroxylation is 1. The van der Waals surface area contributed by atoms with Crippen molar-refractivity contribution in [2.45, 2.75) is 13.5 Å². The number of para-hydroxylation sites is 1. The minimum atomic E-state index is 0.157. The monoisotopic (exact) mass is 361 g/mol. The number of furan rings is 1. The fourth-order valence-electron chi connectivity index (χ4n) is 3.13. The number of halogens is 1. The van der Waals surface area contributed by atoms with Gasteiger partial charge in [0, 0.05) is 26.2 Å². The highest BCUT2D eigenvalue weighted by molar-refractivity contribution is 6.33. The van der Waals surface area contributed by atoms with Crippen molar-refractivity contribution in [3.05, 3.63) is 52.9 Å². The molecule has 0 unspecified atom stereocenters. The van der Waals surface area contributed by atoms with Crippen LogP contribution in [0, 0.1) is 6.92 Å². The maximum atomic E-state index is 12.5. The van der Waals surface area contributed by atoms with Crippen LogP contribution in [0.25, 0.3) is 0 Å². The lowest BCUT2D eigenvalue weighted by Crippen LogP contribution is -2.51. The molecule has 1 aromatic carbocycles. The molecule has 1 fully saturated rings. The lowest BCUT2D eigenvalue weighted by atomic mass is 10.2. The average molecular weight is 362 g/mol. The van der Waals surface area contributed by atoms with Crippen LogP contribution in [0.15, 0.2) is 40.8 Å². The normalized spacial score (nSPS) is 15.0. The van der Waals surface area contributed by atoms with Gasteiger partial charge in [-0.15, -0.1) is 0 Å². The SMILES string of the molecule is Cc1ccc(CN(C)CC(=O)N2CCN(c3ccccc3Cl)CC2)o1. The van der Waals surface area contributed by atoms with E-state index in [4.69, 9.17) is 16.0 Å². The number of nitrogens with zero attached hydrogens (tertiary/aromatic N) is 3. The van der Waals surface area contributed by atoms with Crippen LogP contribution in [0.4, 0.5) is 5.69 Å². The fraction of sp³-hybridized carbons (Fsp3) is 0.421. The maximum absolute atomic E-state index is 12.5. The molecular weight excluding hydrogens is 338 g/mol. The minimum Gasteiger partial charge on any atom is -0.465 e. The minimum absolute atomic E-state index is 0.157. The summed E-state index contributed by atoms with van der Waals surface area (Å²) in [4.78, 5) is 18.7. The Labute approximate surface area is 153 Å². The van der Waals surface area contributed by atoms with Crippen molar-refractivity contribution in [3.8, 4) is 0 Å². The predicted molar refractivity (Wildman–Crippen MR) is 100 cm³/mol. The Morgan fingerprint density at radius 1 is 1.16 bits per heavy atom. The average Bonchev–Trinajstić information content (AvgIpc) is 3.00. The van der Waals surface area contributed by atoms with E-state index in [0.29, 0.717) is 13.1 Å². The van der Waals surface area contributed by atoms with Crippen molar-refractivity contribution in [2.75, 3.05) is 44.7 Å². The number of benzene rings is 1. The van der Waals surface area contributed by atoms with Gasteiger partial charge in [0.05, 0.1) is 23.8 Å². The predicted octanol–water partition coefficient (Wildman–Crippen LogP) is 3.02. The summed E-state index contributed by atoms with van der Waals surface area (Å²) >= 11 is 6.27. The summed E-state index contributed by atoms with van der Waals surface area (Å²) in [6.07, 6.45) is 0. The Kier molecular flexibility index (Phi) is 5.66. The van der Waals surface area contributed by atoms with E-state index in [-0.39, 0.29) is 5.91 Å². The van der Waals surface area contributed by atoms with Crippen LogP contribution in [0.5, 0.6) is 0 Å². The Hall–Kier alpha value is -1.98. The summed E-state index contributed by atoms with van der Waals surface area (Å²) in [5, 5.41) is 0.760. The first-order valence-electron chi connectivity index (χ1n) is 8.54. The van der Waals surface area contributed by atoms with Gasteiger partial charge in [0.1, 0.15) is 11.5 Å². The molecule has 1 amide bonds. The van der Waals surface area contributed by atoms with Crippen molar-refractivity contribution in [3.63, 3.8) is 0 Å². The van der Waals surface area contributed by atoms with E-state index in [1.807, 2.05) is 60.2 Å². The van der Waals surface area contributed by atoms with Crippen LogP contribution in [0.1, 0.15) is 11.5 Å². The molecule has 1 aromatic heterocycles. The molecule has 0 radical (unpaired) electrons. The molecule has 2 heterocycles. The van der Waals surface area contributed by atoms with Gasteiger partial charge in [0.15, 0.2) is 0 Å². The Bertz CT molecular complexity index is 723. The highest BCUT2D eigenvalue weighted by Crippen LogP contribution is 2.26. The van der Waals surface area contributed by atoms with Crippen LogP contribution in [0.2, 0.25) is 5.02 Å². The number of carbonyl (C=O) groups excluding carboxylic acids is 1. The third kappa shape index (κ3) is 4.55. The van der Waals surface area contributed by atoms with Crippen LogP contribution in [-0.4, -0.2) is 55.5 Å². The van der Waals surface area contributed by atoms with Gasteiger partial charge < -0.3 is 14.2 Å². The highest BCUT2D eigenvalue weighted by atomic mass is 35.5. The third-order valence-corrected chi connectivity index (χ3v) is 4.77.